The largest absolute Gasteiger partial charge is 0.497 e. The van der Waals surface area contributed by atoms with Crippen LogP contribution in [-0.2, 0) is 4.79 Å². The Morgan fingerprint density at radius 1 is 1.15 bits per heavy atom. The zero-order chi connectivity index (χ0) is 19.1. The van der Waals surface area contributed by atoms with Gasteiger partial charge in [0.25, 0.3) is 0 Å². The van der Waals surface area contributed by atoms with Crippen molar-refractivity contribution in [3.63, 3.8) is 0 Å². The molecule has 2 heterocycles. The van der Waals surface area contributed by atoms with Gasteiger partial charge in [0.05, 0.1) is 17.9 Å². The Labute approximate surface area is 167 Å². The first kappa shape index (κ1) is 18.1. The maximum Gasteiger partial charge on any atom is 0.241 e. The van der Waals surface area contributed by atoms with Gasteiger partial charge in [0.1, 0.15) is 16.3 Å². The van der Waals surface area contributed by atoms with Gasteiger partial charge in [-0.1, -0.05) is 29.3 Å². The van der Waals surface area contributed by atoms with Crippen LogP contribution in [0.1, 0.15) is 23.4 Å². The van der Waals surface area contributed by atoms with Crippen molar-refractivity contribution in [2.75, 3.05) is 12.0 Å². The molecule has 4 rings (SSSR count). The lowest BCUT2D eigenvalue weighted by Crippen LogP contribution is -2.30. The monoisotopic (exact) mass is 398 g/mol. The number of methoxy groups -OCH3 is 1. The number of rotatable bonds is 3. The van der Waals surface area contributed by atoms with Crippen LogP contribution in [0.2, 0.25) is 5.15 Å². The zero-order valence-electron chi connectivity index (χ0n) is 15.3. The molecule has 27 heavy (non-hydrogen) atoms. The van der Waals surface area contributed by atoms with E-state index in [0.29, 0.717) is 5.15 Å². The summed E-state index contributed by atoms with van der Waals surface area (Å²) >= 11 is 8.14. The van der Waals surface area contributed by atoms with Crippen LogP contribution < -0.4 is 9.64 Å². The van der Waals surface area contributed by atoms with Crippen molar-refractivity contribution in [3.8, 4) is 5.75 Å². The van der Waals surface area contributed by atoms with E-state index in [9.17, 15) is 4.79 Å². The summed E-state index contributed by atoms with van der Waals surface area (Å²) in [6, 6.07) is 15.7. The molecule has 6 heteroatoms. The van der Waals surface area contributed by atoms with E-state index in [1.54, 1.807) is 18.9 Å². The van der Waals surface area contributed by atoms with Crippen LogP contribution >= 0.6 is 23.4 Å². The number of carbonyl (C=O) groups excluding carboxylic acids is 1. The number of hydrogen-bond acceptors (Lipinski definition) is 4. The molecular weight excluding hydrogens is 380 g/mol. The van der Waals surface area contributed by atoms with E-state index >= 15 is 0 Å². The minimum Gasteiger partial charge on any atom is -0.497 e. The maximum absolute atomic E-state index is 12.9. The Morgan fingerprint density at radius 2 is 1.89 bits per heavy atom. The smallest absolute Gasteiger partial charge is 0.241 e. The molecule has 4 nitrogen and oxygen atoms in total. The van der Waals surface area contributed by atoms with Gasteiger partial charge in [-0.05, 0) is 44.2 Å². The molecule has 1 amide bonds. The first-order valence-electron chi connectivity index (χ1n) is 8.67. The summed E-state index contributed by atoms with van der Waals surface area (Å²) in [5.74, 6) is 0.818. The summed E-state index contributed by atoms with van der Waals surface area (Å²) in [6.07, 6.45) is 0. The lowest BCUT2D eigenvalue weighted by molar-refractivity contribution is -0.117. The van der Waals surface area contributed by atoms with E-state index < -0.39 is 0 Å². The standard InChI is InChI=1S/C21H19ClN2O2S/c1-12-4-7-15(8-5-12)24-20(25)13(2)27-21(24)17-10-14-6-9-16(26-3)11-18(14)23-19(17)22/h4-11,13,21H,1-3H3. The summed E-state index contributed by atoms with van der Waals surface area (Å²) in [7, 11) is 1.62. The van der Waals surface area contributed by atoms with Crippen LogP contribution in [0.3, 0.4) is 0 Å². The third-order valence-electron chi connectivity index (χ3n) is 4.74. The Kier molecular flexibility index (Phi) is 4.74. The second-order valence-corrected chi connectivity index (χ2v) is 8.39. The first-order chi connectivity index (χ1) is 13.0. The summed E-state index contributed by atoms with van der Waals surface area (Å²) in [5, 5.41) is 1.03. The van der Waals surface area contributed by atoms with Crippen molar-refractivity contribution < 1.29 is 9.53 Å². The number of hydrogen-bond donors (Lipinski definition) is 0. The molecule has 1 saturated heterocycles. The van der Waals surface area contributed by atoms with Crippen LogP contribution in [-0.4, -0.2) is 23.3 Å². The molecule has 1 aliphatic heterocycles. The Bertz CT molecular complexity index is 1020. The number of ether oxygens (including phenoxy) is 1. The Balaban J connectivity index is 1.81. The van der Waals surface area contributed by atoms with Crippen LogP contribution in [0.15, 0.2) is 48.5 Å². The highest BCUT2D eigenvalue weighted by Gasteiger charge is 2.40. The molecule has 0 spiro atoms. The fourth-order valence-corrected chi connectivity index (χ4v) is 4.85. The second-order valence-electron chi connectivity index (χ2n) is 6.60. The third kappa shape index (κ3) is 3.26. The molecular formula is C21H19ClN2O2S. The van der Waals surface area contributed by atoms with E-state index in [0.717, 1.165) is 33.5 Å². The highest BCUT2D eigenvalue weighted by Crippen LogP contribution is 2.47. The van der Waals surface area contributed by atoms with E-state index in [1.807, 2.05) is 67.3 Å². The predicted octanol–water partition coefficient (Wildman–Crippen LogP) is 5.37. The molecule has 0 bridgehead atoms. The summed E-state index contributed by atoms with van der Waals surface area (Å²) in [5.41, 5.74) is 3.64. The molecule has 0 aliphatic carbocycles. The van der Waals surface area contributed by atoms with Crippen molar-refractivity contribution in [1.29, 1.82) is 0 Å². The van der Waals surface area contributed by atoms with Crippen molar-refractivity contribution in [2.45, 2.75) is 24.5 Å². The molecule has 1 fully saturated rings. The minimum absolute atomic E-state index is 0.0831. The molecule has 1 aliphatic rings. The number of aryl methyl sites for hydroxylation is 1. The molecule has 2 atom stereocenters. The average molecular weight is 399 g/mol. The Hall–Kier alpha value is -2.24. The number of pyridine rings is 1. The second kappa shape index (κ2) is 7.06. The number of nitrogens with zero attached hydrogens (tertiary/aromatic N) is 2. The van der Waals surface area contributed by atoms with Gasteiger partial charge in [0.2, 0.25) is 5.91 Å². The SMILES string of the molecule is COc1ccc2cc(C3SC(C)C(=O)N3c3ccc(C)cc3)c(Cl)nc2c1. The number of anilines is 1. The van der Waals surface area contributed by atoms with E-state index in [1.165, 1.54) is 0 Å². The number of aromatic nitrogens is 1. The van der Waals surface area contributed by atoms with Gasteiger partial charge in [0, 0.05) is 22.7 Å². The van der Waals surface area contributed by atoms with Gasteiger partial charge in [-0.15, -0.1) is 11.8 Å². The number of fused-ring (bicyclic) bond motifs is 1. The van der Waals surface area contributed by atoms with E-state index in [2.05, 4.69) is 4.98 Å². The number of amides is 1. The predicted molar refractivity (Wildman–Crippen MR) is 112 cm³/mol. The number of carbonyl (C=O) groups is 1. The van der Waals surface area contributed by atoms with Gasteiger partial charge in [-0.25, -0.2) is 4.98 Å². The molecule has 1 aromatic heterocycles. The first-order valence-corrected chi connectivity index (χ1v) is 9.99. The molecule has 2 unspecified atom stereocenters. The summed E-state index contributed by atoms with van der Waals surface area (Å²) in [6.45, 7) is 3.96. The summed E-state index contributed by atoms with van der Waals surface area (Å²) in [4.78, 5) is 19.2. The average Bonchev–Trinajstić information content (AvgIpc) is 2.96. The van der Waals surface area contributed by atoms with Gasteiger partial charge < -0.3 is 4.74 Å². The van der Waals surface area contributed by atoms with Gasteiger partial charge in [-0.2, -0.15) is 0 Å². The fourth-order valence-electron chi connectivity index (χ4n) is 3.24. The topological polar surface area (TPSA) is 42.4 Å². The molecule has 0 saturated carbocycles. The molecule has 3 aromatic rings. The summed E-state index contributed by atoms with van der Waals surface area (Å²) < 4.78 is 5.26. The minimum atomic E-state index is -0.207. The van der Waals surface area contributed by atoms with Crippen LogP contribution in [0.4, 0.5) is 5.69 Å². The lowest BCUT2D eigenvalue weighted by Gasteiger charge is -2.25. The third-order valence-corrected chi connectivity index (χ3v) is 6.37. The highest BCUT2D eigenvalue weighted by molar-refractivity contribution is 8.01. The van der Waals surface area contributed by atoms with E-state index in [-0.39, 0.29) is 16.5 Å². The Morgan fingerprint density at radius 3 is 2.59 bits per heavy atom. The maximum atomic E-state index is 12.9. The fraction of sp³-hybridized carbons (Fsp3) is 0.238. The van der Waals surface area contributed by atoms with Crippen LogP contribution in [0.25, 0.3) is 10.9 Å². The highest BCUT2D eigenvalue weighted by atomic mass is 35.5. The molecule has 138 valence electrons. The van der Waals surface area contributed by atoms with Crippen LogP contribution in [0.5, 0.6) is 5.75 Å². The van der Waals surface area contributed by atoms with Crippen LogP contribution in [0, 0.1) is 6.92 Å². The normalized spacial score (nSPS) is 19.7. The molecule has 0 N–H and O–H groups in total. The van der Waals surface area contributed by atoms with Crippen molar-refractivity contribution in [1.82, 2.24) is 4.98 Å². The van der Waals surface area contributed by atoms with Crippen molar-refractivity contribution in [2.24, 2.45) is 0 Å². The molecule has 2 aromatic carbocycles. The zero-order valence-corrected chi connectivity index (χ0v) is 16.8. The van der Waals surface area contributed by atoms with E-state index in [4.69, 9.17) is 16.3 Å². The number of halogens is 1. The quantitative estimate of drug-likeness (QED) is 0.556. The van der Waals surface area contributed by atoms with Gasteiger partial charge in [-0.3, -0.25) is 9.69 Å². The number of thioether (sulfide) groups is 1. The molecule has 0 radical (unpaired) electrons. The van der Waals surface area contributed by atoms with Crippen molar-refractivity contribution in [3.05, 3.63) is 64.8 Å². The number of benzene rings is 2. The van der Waals surface area contributed by atoms with Gasteiger partial charge >= 0.3 is 0 Å². The van der Waals surface area contributed by atoms with Gasteiger partial charge in [0.15, 0.2) is 0 Å². The van der Waals surface area contributed by atoms with Crippen molar-refractivity contribution >= 4 is 45.9 Å². The lowest BCUT2D eigenvalue weighted by atomic mass is 10.1.